The molecule has 3 heterocycles. The van der Waals surface area contributed by atoms with Crippen molar-refractivity contribution >= 4 is 10.0 Å². The van der Waals surface area contributed by atoms with Gasteiger partial charge in [0, 0.05) is 43.7 Å². The summed E-state index contributed by atoms with van der Waals surface area (Å²) >= 11 is 0. The van der Waals surface area contributed by atoms with Gasteiger partial charge in [0.05, 0.1) is 18.6 Å². The Morgan fingerprint density at radius 2 is 1.92 bits per heavy atom. The third-order valence-electron chi connectivity index (χ3n) is 4.28. The number of nitrogens with zero attached hydrogens (tertiary/aromatic N) is 5. The van der Waals surface area contributed by atoms with Gasteiger partial charge in [0.15, 0.2) is 5.03 Å². The van der Waals surface area contributed by atoms with Gasteiger partial charge < -0.3 is 4.57 Å². The normalized spacial score (nSPS) is 16.8. The summed E-state index contributed by atoms with van der Waals surface area (Å²) in [4.78, 5) is 16.0. The minimum absolute atomic E-state index is 0.0541. The van der Waals surface area contributed by atoms with Gasteiger partial charge in [-0.3, -0.25) is 4.79 Å². The predicted octanol–water partition coefficient (Wildman–Crippen LogP) is 0.595. The van der Waals surface area contributed by atoms with Gasteiger partial charge in [0.1, 0.15) is 0 Å². The van der Waals surface area contributed by atoms with E-state index in [9.17, 15) is 13.2 Å². The molecule has 0 atom stereocenters. The molecule has 8 nitrogen and oxygen atoms in total. The molecular weight excluding hydrogens is 342 g/mol. The minimum atomic E-state index is -3.55. The fourth-order valence-corrected chi connectivity index (χ4v) is 4.27. The Hall–Kier alpha value is -2.00. The summed E-state index contributed by atoms with van der Waals surface area (Å²) in [5, 5.41) is 4.49. The molecule has 0 aliphatic carbocycles. The van der Waals surface area contributed by atoms with E-state index in [1.165, 1.54) is 27.6 Å². The van der Waals surface area contributed by atoms with Crippen LogP contribution in [0.25, 0.3) is 0 Å². The van der Waals surface area contributed by atoms with Crippen LogP contribution in [-0.2, 0) is 29.0 Å². The Morgan fingerprint density at radius 3 is 2.48 bits per heavy atom. The number of aromatic nitrogens is 4. The second kappa shape index (κ2) is 6.06. The molecule has 0 unspecified atom stereocenters. The monoisotopic (exact) mass is 365 g/mol. The van der Waals surface area contributed by atoms with Crippen LogP contribution in [0.4, 0.5) is 0 Å². The summed E-state index contributed by atoms with van der Waals surface area (Å²) in [7, 11) is -1.83. The van der Waals surface area contributed by atoms with Crippen molar-refractivity contribution in [3.63, 3.8) is 0 Å². The molecule has 1 aliphatic heterocycles. The van der Waals surface area contributed by atoms with E-state index in [0.717, 1.165) is 5.69 Å². The van der Waals surface area contributed by atoms with E-state index in [4.69, 9.17) is 0 Å². The van der Waals surface area contributed by atoms with Crippen molar-refractivity contribution in [3.05, 3.63) is 40.7 Å². The molecular formula is C16H23N5O3S. The van der Waals surface area contributed by atoms with Gasteiger partial charge in [-0.1, -0.05) is 20.8 Å². The largest absolute Gasteiger partial charge is 0.339 e. The lowest BCUT2D eigenvalue weighted by Crippen LogP contribution is -2.52. The maximum Gasteiger partial charge on any atom is 0.266 e. The average molecular weight is 365 g/mol. The first kappa shape index (κ1) is 17.8. The first-order valence-corrected chi connectivity index (χ1v) is 9.58. The van der Waals surface area contributed by atoms with Crippen LogP contribution in [-0.4, -0.2) is 45.1 Å². The van der Waals surface area contributed by atoms with Crippen molar-refractivity contribution < 1.29 is 8.42 Å². The first-order chi connectivity index (χ1) is 11.6. The zero-order chi connectivity index (χ0) is 18.4. The van der Waals surface area contributed by atoms with E-state index < -0.39 is 10.0 Å². The molecule has 1 fully saturated rings. The van der Waals surface area contributed by atoms with E-state index in [2.05, 4.69) is 10.1 Å². The van der Waals surface area contributed by atoms with Crippen LogP contribution in [0.2, 0.25) is 0 Å². The van der Waals surface area contributed by atoms with Crippen molar-refractivity contribution in [2.24, 2.45) is 13.0 Å². The Labute approximate surface area is 147 Å². The van der Waals surface area contributed by atoms with E-state index in [0.29, 0.717) is 19.6 Å². The molecule has 0 saturated carbocycles. The Bertz CT molecular complexity index is 933. The van der Waals surface area contributed by atoms with Gasteiger partial charge in [-0.05, 0) is 6.07 Å². The molecule has 2 aromatic heterocycles. The van der Waals surface area contributed by atoms with Crippen LogP contribution in [0.5, 0.6) is 0 Å². The number of hydrogen-bond donors (Lipinski definition) is 0. The summed E-state index contributed by atoms with van der Waals surface area (Å²) in [6, 6.07) is 3.27. The molecule has 0 radical (unpaired) electrons. The highest BCUT2D eigenvalue weighted by Gasteiger charge is 2.38. The lowest BCUT2D eigenvalue weighted by molar-refractivity contribution is 0.171. The number of aryl methyl sites for hydroxylation is 1. The molecule has 136 valence electrons. The summed E-state index contributed by atoms with van der Waals surface area (Å²) < 4.78 is 29.3. The topological polar surface area (TPSA) is 90.1 Å². The number of sulfonamides is 1. The van der Waals surface area contributed by atoms with E-state index in [-0.39, 0.29) is 21.9 Å². The van der Waals surface area contributed by atoms with Gasteiger partial charge in [0.2, 0.25) is 0 Å². The maximum atomic E-state index is 12.4. The summed E-state index contributed by atoms with van der Waals surface area (Å²) in [6.45, 7) is 7.26. The summed E-state index contributed by atoms with van der Waals surface area (Å²) in [5.41, 5.74) is 0.520. The third kappa shape index (κ3) is 3.52. The van der Waals surface area contributed by atoms with Crippen molar-refractivity contribution in [2.45, 2.75) is 37.8 Å². The molecule has 0 spiro atoms. The quantitative estimate of drug-likeness (QED) is 0.791. The highest BCUT2D eigenvalue weighted by atomic mass is 32.2. The highest BCUT2D eigenvalue weighted by Crippen LogP contribution is 2.25. The standard InChI is InChI=1S/C16H23N5O3S/c1-16(2,3)13-5-6-15(22)21(18-13)9-12-7-20(8-12)25(23,24)14-10-19(4)11-17-14/h5-6,10-12H,7-9H2,1-4H3. The Kier molecular flexibility index (Phi) is 4.32. The fourth-order valence-electron chi connectivity index (χ4n) is 2.71. The SMILES string of the molecule is Cn1cnc(S(=O)(=O)N2CC(Cn3nc(C(C)(C)C)ccc3=O)C2)c1. The maximum absolute atomic E-state index is 12.4. The van der Waals surface area contributed by atoms with Crippen LogP contribution in [0.15, 0.2) is 34.5 Å². The van der Waals surface area contributed by atoms with Gasteiger partial charge in [-0.2, -0.15) is 9.40 Å². The third-order valence-corrected chi connectivity index (χ3v) is 5.99. The van der Waals surface area contributed by atoms with Crippen LogP contribution in [0.3, 0.4) is 0 Å². The molecule has 25 heavy (non-hydrogen) atoms. The molecule has 0 aromatic carbocycles. The number of rotatable bonds is 4. The Balaban J connectivity index is 1.69. The minimum Gasteiger partial charge on any atom is -0.339 e. The molecule has 0 bridgehead atoms. The van der Waals surface area contributed by atoms with Crippen LogP contribution in [0.1, 0.15) is 26.5 Å². The lowest BCUT2D eigenvalue weighted by atomic mass is 9.92. The van der Waals surface area contributed by atoms with Gasteiger partial charge >= 0.3 is 0 Å². The van der Waals surface area contributed by atoms with Crippen molar-refractivity contribution in [2.75, 3.05) is 13.1 Å². The second-order valence-corrected chi connectivity index (χ2v) is 9.44. The van der Waals surface area contributed by atoms with Gasteiger partial charge in [0.25, 0.3) is 15.6 Å². The van der Waals surface area contributed by atoms with E-state index >= 15 is 0 Å². The summed E-state index contributed by atoms with van der Waals surface area (Å²) in [6.07, 6.45) is 2.95. The zero-order valence-electron chi connectivity index (χ0n) is 14.9. The van der Waals surface area contributed by atoms with Crippen LogP contribution >= 0.6 is 0 Å². The number of imidazole rings is 1. The molecule has 0 amide bonds. The fraction of sp³-hybridized carbons (Fsp3) is 0.562. The first-order valence-electron chi connectivity index (χ1n) is 8.14. The highest BCUT2D eigenvalue weighted by molar-refractivity contribution is 7.89. The molecule has 0 N–H and O–H groups in total. The smallest absolute Gasteiger partial charge is 0.266 e. The van der Waals surface area contributed by atoms with E-state index in [1.807, 2.05) is 20.8 Å². The van der Waals surface area contributed by atoms with Gasteiger partial charge in [-0.15, -0.1) is 0 Å². The lowest BCUT2D eigenvalue weighted by Gasteiger charge is -2.37. The molecule has 9 heteroatoms. The van der Waals surface area contributed by atoms with Crippen LogP contribution in [0, 0.1) is 5.92 Å². The molecule has 2 aromatic rings. The predicted molar refractivity (Wildman–Crippen MR) is 92.7 cm³/mol. The van der Waals surface area contributed by atoms with Crippen LogP contribution < -0.4 is 5.56 Å². The number of hydrogen-bond acceptors (Lipinski definition) is 5. The molecule has 1 saturated heterocycles. The van der Waals surface area contributed by atoms with E-state index in [1.54, 1.807) is 17.7 Å². The second-order valence-electron chi connectivity index (χ2n) is 7.55. The zero-order valence-corrected chi connectivity index (χ0v) is 15.7. The average Bonchev–Trinajstić information content (AvgIpc) is 2.90. The van der Waals surface area contributed by atoms with Crippen molar-refractivity contribution in [1.29, 1.82) is 0 Å². The van der Waals surface area contributed by atoms with Crippen molar-refractivity contribution in [3.8, 4) is 0 Å². The van der Waals surface area contributed by atoms with Gasteiger partial charge in [-0.25, -0.2) is 18.1 Å². The molecule has 1 aliphatic rings. The Morgan fingerprint density at radius 1 is 1.24 bits per heavy atom. The summed E-state index contributed by atoms with van der Waals surface area (Å²) in [5.74, 6) is 0.0684. The molecule has 3 rings (SSSR count). The van der Waals surface area contributed by atoms with Crippen molar-refractivity contribution in [1.82, 2.24) is 23.6 Å².